The maximum Gasteiger partial charge on any atom is 0.101 e. The predicted molar refractivity (Wildman–Crippen MR) is 86.5 cm³/mol. The fourth-order valence-electron chi connectivity index (χ4n) is 1.95. The Morgan fingerprint density at radius 2 is 2.15 bits per heavy atom. The Morgan fingerprint density at radius 1 is 1.40 bits per heavy atom. The minimum Gasteiger partial charge on any atom is -0.378 e. The van der Waals surface area contributed by atoms with Gasteiger partial charge in [-0.25, -0.2) is 0 Å². The van der Waals surface area contributed by atoms with E-state index in [9.17, 15) is 0 Å². The Kier molecular flexibility index (Phi) is 4.84. The van der Waals surface area contributed by atoms with E-state index in [1.54, 1.807) is 6.07 Å². The van der Waals surface area contributed by atoms with E-state index in [4.69, 9.17) is 5.26 Å². The molecular formula is C14H14Br2N4. The van der Waals surface area contributed by atoms with Gasteiger partial charge >= 0.3 is 0 Å². The largest absolute Gasteiger partial charge is 0.378 e. The van der Waals surface area contributed by atoms with Crippen molar-refractivity contribution in [2.45, 2.75) is 19.9 Å². The van der Waals surface area contributed by atoms with E-state index in [2.05, 4.69) is 55.3 Å². The molecule has 0 saturated heterocycles. The van der Waals surface area contributed by atoms with E-state index < -0.39 is 0 Å². The molecule has 0 aliphatic heterocycles. The number of rotatable bonds is 4. The van der Waals surface area contributed by atoms with Crippen LogP contribution in [0.3, 0.4) is 0 Å². The first-order valence-corrected chi connectivity index (χ1v) is 7.79. The highest BCUT2D eigenvalue weighted by molar-refractivity contribution is 9.10. The Morgan fingerprint density at radius 3 is 2.75 bits per heavy atom. The average molecular weight is 398 g/mol. The number of hydrogen-bond donors (Lipinski definition) is 1. The number of halogens is 2. The molecule has 0 radical (unpaired) electrons. The highest BCUT2D eigenvalue weighted by atomic mass is 79.9. The van der Waals surface area contributed by atoms with Gasteiger partial charge in [0.15, 0.2) is 0 Å². The molecule has 0 spiro atoms. The lowest BCUT2D eigenvalue weighted by atomic mass is 10.2. The second-order valence-electron chi connectivity index (χ2n) is 4.34. The number of nitrogens with one attached hydrogen (secondary N) is 1. The zero-order chi connectivity index (χ0) is 14.7. The van der Waals surface area contributed by atoms with Crippen LogP contribution in [0.15, 0.2) is 27.1 Å². The Balaban J connectivity index is 2.23. The van der Waals surface area contributed by atoms with E-state index in [1.807, 2.05) is 23.9 Å². The van der Waals surface area contributed by atoms with Crippen molar-refractivity contribution in [3.63, 3.8) is 0 Å². The predicted octanol–water partition coefficient (Wildman–Crippen LogP) is 3.99. The van der Waals surface area contributed by atoms with Gasteiger partial charge in [-0.05, 0) is 40.5 Å². The van der Waals surface area contributed by atoms with Crippen molar-refractivity contribution in [1.82, 2.24) is 9.78 Å². The van der Waals surface area contributed by atoms with Crippen LogP contribution in [0.5, 0.6) is 0 Å². The molecule has 20 heavy (non-hydrogen) atoms. The molecule has 0 aliphatic rings. The normalized spacial score (nSPS) is 10.3. The molecule has 2 aromatic rings. The molecule has 1 heterocycles. The smallest absolute Gasteiger partial charge is 0.101 e. The summed E-state index contributed by atoms with van der Waals surface area (Å²) in [5.74, 6) is 0. The molecule has 0 saturated carbocycles. The van der Waals surface area contributed by atoms with Gasteiger partial charge in [-0.15, -0.1) is 0 Å². The van der Waals surface area contributed by atoms with Gasteiger partial charge in [0.1, 0.15) is 6.07 Å². The molecule has 2 rings (SSSR count). The van der Waals surface area contributed by atoms with Crippen molar-refractivity contribution in [3.05, 3.63) is 44.1 Å². The number of hydrogen-bond acceptors (Lipinski definition) is 3. The third-order valence-corrected chi connectivity index (χ3v) is 4.46. The SMILES string of the molecule is CCc1nn(C)c(CNc2cc(Br)ccc2C#N)c1Br. The molecule has 0 fully saturated rings. The van der Waals surface area contributed by atoms with Crippen LogP contribution >= 0.6 is 31.9 Å². The van der Waals surface area contributed by atoms with Crippen LogP contribution in [0.25, 0.3) is 0 Å². The Hall–Kier alpha value is -1.32. The van der Waals surface area contributed by atoms with Crippen molar-refractivity contribution < 1.29 is 0 Å². The first-order chi connectivity index (χ1) is 9.56. The van der Waals surface area contributed by atoms with Crippen LogP contribution in [0, 0.1) is 11.3 Å². The lowest BCUT2D eigenvalue weighted by molar-refractivity contribution is 0.706. The molecule has 104 valence electrons. The fourth-order valence-corrected chi connectivity index (χ4v) is 3.07. The monoisotopic (exact) mass is 396 g/mol. The Bertz CT molecular complexity index is 671. The standard InChI is InChI=1S/C14H14Br2N4/c1-3-11-14(16)13(20(2)19-11)8-18-12-6-10(15)5-4-9(12)7-17/h4-6,18H,3,8H2,1-2H3. The van der Waals surface area contributed by atoms with Crippen LogP contribution in [-0.4, -0.2) is 9.78 Å². The first-order valence-electron chi connectivity index (χ1n) is 6.20. The van der Waals surface area contributed by atoms with E-state index in [1.165, 1.54) is 0 Å². The lowest BCUT2D eigenvalue weighted by Crippen LogP contribution is -2.07. The van der Waals surface area contributed by atoms with Crippen LogP contribution in [0.4, 0.5) is 5.69 Å². The summed E-state index contributed by atoms with van der Waals surface area (Å²) in [5, 5.41) is 16.9. The van der Waals surface area contributed by atoms with Gasteiger partial charge in [0, 0.05) is 11.5 Å². The first kappa shape index (κ1) is 15.1. The van der Waals surface area contributed by atoms with E-state index in [0.717, 1.165) is 32.4 Å². The van der Waals surface area contributed by atoms with Gasteiger partial charge in [0.2, 0.25) is 0 Å². The van der Waals surface area contributed by atoms with Crippen molar-refractivity contribution in [2.24, 2.45) is 7.05 Å². The highest BCUT2D eigenvalue weighted by Crippen LogP contribution is 2.25. The lowest BCUT2D eigenvalue weighted by Gasteiger charge is -2.09. The Labute approximate surface area is 135 Å². The number of benzene rings is 1. The fraction of sp³-hybridized carbons (Fsp3) is 0.286. The summed E-state index contributed by atoms with van der Waals surface area (Å²) in [6.45, 7) is 2.68. The molecule has 6 heteroatoms. The summed E-state index contributed by atoms with van der Waals surface area (Å²) in [5.41, 5.74) is 3.54. The van der Waals surface area contributed by atoms with E-state index in [0.29, 0.717) is 12.1 Å². The van der Waals surface area contributed by atoms with Gasteiger partial charge in [0.05, 0.1) is 33.7 Å². The van der Waals surface area contributed by atoms with Crippen LogP contribution in [0.1, 0.15) is 23.9 Å². The summed E-state index contributed by atoms with van der Waals surface area (Å²) in [6, 6.07) is 7.75. The zero-order valence-corrected chi connectivity index (χ0v) is 14.4. The average Bonchev–Trinajstić information content (AvgIpc) is 2.71. The summed E-state index contributed by atoms with van der Waals surface area (Å²) in [4.78, 5) is 0. The molecule has 0 bridgehead atoms. The summed E-state index contributed by atoms with van der Waals surface area (Å²) >= 11 is 7.01. The molecule has 0 atom stereocenters. The van der Waals surface area contributed by atoms with Crippen molar-refractivity contribution >= 4 is 37.5 Å². The summed E-state index contributed by atoms with van der Waals surface area (Å²) in [6.07, 6.45) is 0.884. The molecule has 1 aromatic carbocycles. The molecule has 1 aromatic heterocycles. The number of nitriles is 1. The second kappa shape index (κ2) is 6.42. The molecule has 0 aliphatic carbocycles. The van der Waals surface area contributed by atoms with Gasteiger partial charge in [0.25, 0.3) is 0 Å². The maximum atomic E-state index is 9.13. The number of aryl methyl sites for hydroxylation is 2. The summed E-state index contributed by atoms with van der Waals surface area (Å²) < 4.78 is 3.83. The van der Waals surface area contributed by atoms with E-state index in [-0.39, 0.29) is 0 Å². The third kappa shape index (κ3) is 3.05. The molecule has 1 N–H and O–H groups in total. The van der Waals surface area contributed by atoms with Crippen molar-refractivity contribution in [1.29, 1.82) is 5.26 Å². The second-order valence-corrected chi connectivity index (χ2v) is 6.05. The quantitative estimate of drug-likeness (QED) is 0.848. The van der Waals surface area contributed by atoms with Gasteiger partial charge < -0.3 is 5.32 Å². The zero-order valence-electron chi connectivity index (χ0n) is 11.2. The van der Waals surface area contributed by atoms with Gasteiger partial charge in [-0.1, -0.05) is 22.9 Å². The molecule has 0 unspecified atom stereocenters. The number of anilines is 1. The molecule has 4 nitrogen and oxygen atoms in total. The minimum absolute atomic E-state index is 0.606. The van der Waals surface area contributed by atoms with Crippen molar-refractivity contribution in [2.75, 3.05) is 5.32 Å². The number of nitrogens with zero attached hydrogens (tertiary/aromatic N) is 3. The van der Waals surface area contributed by atoms with Crippen LogP contribution in [0.2, 0.25) is 0 Å². The molecule has 0 amide bonds. The highest BCUT2D eigenvalue weighted by Gasteiger charge is 2.12. The van der Waals surface area contributed by atoms with Crippen LogP contribution in [-0.2, 0) is 20.0 Å². The van der Waals surface area contributed by atoms with Gasteiger partial charge in [-0.2, -0.15) is 10.4 Å². The van der Waals surface area contributed by atoms with Gasteiger partial charge in [-0.3, -0.25) is 4.68 Å². The maximum absolute atomic E-state index is 9.13. The molecular weight excluding hydrogens is 384 g/mol. The minimum atomic E-state index is 0.606. The topological polar surface area (TPSA) is 53.6 Å². The van der Waals surface area contributed by atoms with Crippen LogP contribution < -0.4 is 5.32 Å². The third-order valence-electron chi connectivity index (χ3n) is 3.05. The van der Waals surface area contributed by atoms with E-state index >= 15 is 0 Å². The number of aromatic nitrogens is 2. The van der Waals surface area contributed by atoms with Crippen molar-refractivity contribution in [3.8, 4) is 6.07 Å². The summed E-state index contributed by atoms with van der Waals surface area (Å²) in [7, 11) is 1.92.